The Morgan fingerprint density at radius 1 is 1.55 bits per heavy atom. The largest absolute Gasteiger partial charge is 0.396 e. The zero-order chi connectivity index (χ0) is 8.27. The van der Waals surface area contributed by atoms with Crippen LogP contribution in [0.5, 0.6) is 0 Å². The third-order valence-electron chi connectivity index (χ3n) is 1.23. The van der Waals surface area contributed by atoms with E-state index in [9.17, 15) is 0 Å². The second-order valence-corrected chi connectivity index (χ2v) is 3.72. The van der Waals surface area contributed by atoms with Crippen LogP contribution in [-0.2, 0) is 6.54 Å². The summed E-state index contributed by atoms with van der Waals surface area (Å²) in [5, 5.41) is 12.7. The lowest BCUT2D eigenvalue weighted by Crippen LogP contribution is -2.01. The van der Waals surface area contributed by atoms with E-state index in [1.807, 2.05) is 6.07 Å². The van der Waals surface area contributed by atoms with Crippen LogP contribution in [0.3, 0.4) is 0 Å². The van der Waals surface area contributed by atoms with Crippen molar-refractivity contribution in [3.8, 4) is 0 Å². The molecule has 0 amide bonds. The van der Waals surface area contributed by atoms with E-state index < -0.39 is 0 Å². The summed E-state index contributed by atoms with van der Waals surface area (Å²) in [6.07, 6.45) is 0.729. The first-order valence-corrected chi connectivity index (χ1v) is 4.82. The average molecular weight is 284 g/mol. The summed E-state index contributed by atoms with van der Waals surface area (Å²) in [5.74, 6) is 0. The molecule has 0 unspecified atom stereocenters. The molecule has 0 spiro atoms. The second-order valence-electron chi connectivity index (χ2n) is 2.09. The van der Waals surface area contributed by atoms with Gasteiger partial charge in [-0.05, 0) is 38.3 Å². The van der Waals surface area contributed by atoms with Crippen LogP contribution in [0.1, 0.15) is 6.42 Å². The van der Waals surface area contributed by atoms with Crippen LogP contribution in [-0.4, -0.2) is 21.5 Å². The van der Waals surface area contributed by atoms with Gasteiger partial charge in [-0.2, -0.15) is 5.10 Å². The van der Waals surface area contributed by atoms with Crippen molar-refractivity contribution < 1.29 is 5.11 Å². The van der Waals surface area contributed by atoms with Crippen molar-refractivity contribution in [1.82, 2.24) is 9.78 Å². The molecule has 0 aliphatic rings. The van der Waals surface area contributed by atoms with E-state index in [0.717, 1.165) is 22.2 Å². The number of aliphatic hydroxyl groups is 1. The van der Waals surface area contributed by atoms with Gasteiger partial charge in [0, 0.05) is 19.2 Å². The molecule has 5 heteroatoms. The van der Waals surface area contributed by atoms with Gasteiger partial charge in [-0.3, -0.25) is 4.68 Å². The van der Waals surface area contributed by atoms with Gasteiger partial charge in [-0.15, -0.1) is 0 Å². The number of aromatic nitrogens is 2. The van der Waals surface area contributed by atoms with E-state index in [0.29, 0.717) is 0 Å². The molecule has 0 fully saturated rings. The maximum absolute atomic E-state index is 8.56. The molecule has 0 radical (unpaired) electrons. The Hall–Kier alpha value is 0.130. The highest BCUT2D eigenvalue weighted by Crippen LogP contribution is 2.16. The van der Waals surface area contributed by atoms with Crippen molar-refractivity contribution in [2.75, 3.05) is 6.61 Å². The van der Waals surface area contributed by atoms with Crippen LogP contribution < -0.4 is 0 Å². The predicted octanol–water partition coefficient (Wildman–Crippen LogP) is 1.79. The fraction of sp³-hybridized carbons (Fsp3) is 0.500. The molecule has 0 aliphatic carbocycles. The number of hydrogen-bond donors (Lipinski definition) is 1. The molecule has 0 saturated heterocycles. The summed E-state index contributed by atoms with van der Waals surface area (Å²) in [6, 6.07) is 1.87. The van der Waals surface area contributed by atoms with Gasteiger partial charge in [0.25, 0.3) is 0 Å². The molecule has 1 rings (SSSR count). The number of hydrogen-bond acceptors (Lipinski definition) is 2. The number of nitrogens with zero attached hydrogens (tertiary/aromatic N) is 2. The lowest BCUT2D eigenvalue weighted by atomic mass is 10.5. The van der Waals surface area contributed by atoms with Crippen molar-refractivity contribution in [3.05, 3.63) is 15.3 Å². The zero-order valence-corrected chi connectivity index (χ0v) is 8.97. The van der Waals surface area contributed by atoms with Gasteiger partial charge < -0.3 is 5.11 Å². The number of rotatable bonds is 3. The number of halogens is 2. The summed E-state index contributed by atoms with van der Waals surface area (Å²) in [4.78, 5) is 0. The predicted molar refractivity (Wildman–Crippen MR) is 49.3 cm³/mol. The number of aliphatic hydroxyl groups excluding tert-OH is 1. The second kappa shape index (κ2) is 4.23. The summed E-state index contributed by atoms with van der Waals surface area (Å²) in [7, 11) is 0. The van der Waals surface area contributed by atoms with Crippen LogP contribution in [0.2, 0.25) is 0 Å². The highest BCUT2D eigenvalue weighted by molar-refractivity contribution is 9.11. The molecule has 0 atom stereocenters. The topological polar surface area (TPSA) is 38.0 Å². The van der Waals surface area contributed by atoms with E-state index in [2.05, 4.69) is 37.0 Å². The molecule has 1 N–H and O–H groups in total. The monoisotopic (exact) mass is 282 g/mol. The molecular formula is C6H8Br2N2O. The molecule has 62 valence electrons. The molecule has 1 aromatic rings. The van der Waals surface area contributed by atoms with Crippen LogP contribution >= 0.6 is 31.9 Å². The highest BCUT2D eigenvalue weighted by Gasteiger charge is 2.01. The minimum absolute atomic E-state index is 0.198. The Morgan fingerprint density at radius 2 is 2.27 bits per heavy atom. The summed E-state index contributed by atoms with van der Waals surface area (Å²) >= 11 is 6.59. The molecule has 0 saturated carbocycles. The maximum Gasteiger partial charge on any atom is 0.129 e. The molecule has 1 aromatic heterocycles. The molecule has 11 heavy (non-hydrogen) atoms. The quantitative estimate of drug-likeness (QED) is 0.919. The Morgan fingerprint density at radius 3 is 2.73 bits per heavy atom. The van der Waals surface area contributed by atoms with Crippen molar-refractivity contribution in [2.45, 2.75) is 13.0 Å². The fourth-order valence-corrected chi connectivity index (χ4v) is 1.93. The van der Waals surface area contributed by atoms with E-state index in [1.165, 1.54) is 0 Å². The molecule has 0 bridgehead atoms. The first kappa shape index (κ1) is 9.22. The maximum atomic E-state index is 8.56. The zero-order valence-electron chi connectivity index (χ0n) is 5.80. The molecular weight excluding hydrogens is 276 g/mol. The lowest BCUT2D eigenvalue weighted by molar-refractivity contribution is 0.276. The first-order chi connectivity index (χ1) is 5.24. The summed E-state index contributed by atoms with van der Waals surface area (Å²) in [6.45, 7) is 0.937. The van der Waals surface area contributed by atoms with Gasteiger partial charge in [0.1, 0.15) is 9.21 Å². The third kappa shape index (κ3) is 2.57. The smallest absolute Gasteiger partial charge is 0.129 e. The minimum atomic E-state index is 0.198. The highest BCUT2D eigenvalue weighted by atomic mass is 79.9. The molecule has 1 heterocycles. The molecule has 0 aliphatic heterocycles. The van der Waals surface area contributed by atoms with Crippen molar-refractivity contribution in [1.29, 1.82) is 0 Å². The van der Waals surface area contributed by atoms with Crippen LogP contribution in [0.4, 0.5) is 0 Å². The van der Waals surface area contributed by atoms with Gasteiger partial charge in [0.15, 0.2) is 0 Å². The van der Waals surface area contributed by atoms with Gasteiger partial charge in [-0.1, -0.05) is 0 Å². The van der Waals surface area contributed by atoms with Crippen LogP contribution in [0.15, 0.2) is 15.3 Å². The molecule has 3 nitrogen and oxygen atoms in total. The van der Waals surface area contributed by atoms with Gasteiger partial charge in [0.05, 0.1) is 0 Å². The average Bonchev–Trinajstić information content (AvgIpc) is 2.26. The first-order valence-electron chi connectivity index (χ1n) is 3.23. The minimum Gasteiger partial charge on any atom is -0.396 e. The van der Waals surface area contributed by atoms with Crippen molar-refractivity contribution in [2.24, 2.45) is 0 Å². The summed E-state index contributed by atoms with van der Waals surface area (Å²) in [5.41, 5.74) is 0. The van der Waals surface area contributed by atoms with Crippen molar-refractivity contribution in [3.63, 3.8) is 0 Å². The summed E-state index contributed by atoms with van der Waals surface area (Å²) < 4.78 is 3.53. The lowest BCUT2D eigenvalue weighted by Gasteiger charge is -1.99. The Balaban J connectivity index is 2.62. The SMILES string of the molecule is OCCCn1nc(Br)cc1Br. The fourth-order valence-electron chi connectivity index (χ4n) is 0.742. The van der Waals surface area contributed by atoms with E-state index in [1.54, 1.807) is 4.68 Å². The van der Waals surface area contributed by atoms with Crippen molar-refractivity contribution >= 4 is 31.9 Å². The van der Waals surface area contributed by atoms with Gasteiger partial charge >= 0.3 is 0 Å². The standard InChI is InChI=1S/C6H8Br2N2O/c7-5-4-6(8)10(9-5)2-1-3-11/h4,11H,1-3H2. The van der Waals surface area contributed by atoms with Gasteiger partial charge in [-0.25, -0.2) is 0 Å². The van der Waals surface area contributed by atoms with Crippen LogP contribution in [0, 0.1) is 0 Å². The van der Waals surface area contributed by atoms with E-state index in [4.69, 9.17) is 5.11 Å². The number of aryl methyl sites for hydroxylation is 1. The van der Waals surface area contributed by atoms with E-state index in [-0.39, 0.29) is 6.61 Å². The normalized spacial score (nSPS) is 10.5. The van der Waals surface area contributed by atoms with Crippen LogP contribution in [0.25, 0.3) is 0 Å². The third-order valence-corrected chi connectivity index (χ3v) is 2.25. The Bertz CT molecular complexity index is 236. The molecule has 0 aromatic carbocycles. The van der Waals surface area contributed by atoms with E-state index >= 15 is 0 Å². The van der Waals surface area contributed by atoms with Gasteiger partial charge in [0.2, 0.25) is 0 Å². The Kier molecular flexibility index (Phi) is 3.54. The Labute approximate surface area is 81.7 Å².